The van der Waals surface area contributed by atoms with E-state index in [2.05, 4.69) is 5.32 Å². The van der Waals surface area contributed by atoms with Crippen LogP contribution in [-0.4, -0.2) is 23.8 Å². The molecule has 5 heteroatoms. The van der Waals surface area contributed by atoms with Gasteiger partial charge in [-0.05, 0) is 31.5 Å². The first-order valence-corrected chi connectivity index (χ1v) is 8.11. The lowest BCUT2D eigenvalue weighted by Gasteiger charge is -2.25. The number of hydrogen-bond donors (Lipinski definition) is 1. The van der Waals surface area contributed by atoms with Crippen LogP contribution in [-0.2, 0) is 16.1 Å². The van der Waals surface area contributed by atoms with Gasteiger partial charge in [-0.2, -0.15) is 0 Å². The third-order valence-electron chi connectivity index (χ3n) is 4.57. The molecule has 1 aromatic carbocycles. The topological polar surface area (TPSA) is 62.6 Å². The van der Waals surface area contributed by atoms with Gasteiger partial charge in [0.15, 0.2) is 0 Å². The Morgan fingerprint density at radius 3 is 2.54 bits per heavy atom. The van der Waals surface area contributed by atoms with Gasteiger partial charge < -0.3 is 14.6 Å². The van der Waals surface area contributed by atoms with Crippen LogP contribution in [0.25, 0.3) is 0 Å². The largest absolute Gasteiger partial charge is 0.465 e. The number of hydrogen-bond acceptors (Lipinski definition) is 3. The first-order chi connectivity index (χ1) is 11.5. The minimum absolute atomic E-state index is 0.00503. The van der Waals surface area contributed by atoms with E-state index in [0.717, 1.165) is 16.9 Å². The van der Waals surface area contributed by atoms with Gasteiger partial charge in [-0.25, -0.2) is 0 Å². The summed E-state index contributed by atoms with van der Waals surface area (Å²) in [5, 5.41) is 2.89. The van der Waals surface area contributed by atoms with Crippen molar-refractivity contribution in [2.45, 2.75) is 32.9 Å². The first kappa shape index (κ1) is 16.3. The summed E-state index contributed by atoms with van der Waals surface area (Å²) in [7, 11) is 1.76. The van der Waals surface area contributed by atoms with E-state index < -0.39 is 0 Å². The number of amides is 2. The second-order valence-electron chi connectivity index (χ2n) is 6.40. The molecular weight excluding hydrogens is 304 g/mol. The second-order valence-corrected chi connectivity index (χ2v) is 6.40. The van der Waals surface area contributed by atoms with E-state index >= 15 is 0 Å². The molecule has 24 heavy (non-hydrogen) atoms. The molecule has 0 unspecified atom stereocenters. The highest BCUT2D eigenvalue weighted by Gasteiger charge is 2.42. The lowest BCUT2D eigenvalue weighted by Crippen LogP contribution is -2.34. The molecule has 0 radical (unpaired) electrons. The predicted molar refractivity (Wildman–Crippen MR) is 90.1 cm³/mol. The van der Waals surface area contributed by atoms with E-state index in [9.17, 15) is 9.59 Å². The highest BCUT2D eigenvalue weighted by Crippen LogP contribution is 2.37. The zero-order valence-corrected chi connectivity index (χ0v) is 14.2. The van der Waals surface area contributed by atoms with E-state index in [0.29, 0.717) is 12.3 Å². The van der Waals surface area contributed by atoms with Crippen molar-refractivity contribution < 1.29 is 14.0 Å². The highest BCUT2D eigenvalue weighted by molar-refractivity contribution is 5.90. The minimum atomic E-state index is -0.388. The van der Waals surface area contributed by atoms with Crippen molar-refractivity contribution in [3.8, 4) is 0 Å². The fraction of sp³-hybridized carbons (Fsp3) is 0.368. The Kier molecular flexibility index (Phi) is 4.42. The smallest absolute Gasteiger partial charge is 0.226 e. The molecule has 1 aliphatic heterocycles. The quantitative estimate of drug-likeness (QED) is 0.940. The fourth-order valence-corrected chi connectivity index (χ4v) is 3.21. The number of likely N-dealkylation sites (tertiary alicyclic amines) is 1. The van der Waals surface area contributed by atoms with Gasteiger partial charge in [-0.3, -0.25) is 9.59 Å². The standard InChI is InChI=1S/C19H22N2O3/c1-12-4-7-14(8-5-12)18-16(10-17(22)21(18)3)19(23)20-11-15-9-6-13(2)24-15/h4-9,16,18H,10-11H2,1-3H3,(H,20,23)/t16-,18+/m0/s1. The molecule has 1 aliphatic rings. The predicted octanol–water partition coefficient (Wildman–Crippen LogP) is 2.73. The summed E-state index contributed by atoms with van der Waals surface area (Å²) in [6, 6.07) is 11.5. The molecule has 0 spiro atoms. The minimum Gasteiger partial charge on any atom is -0.465 e. The van der Waals surface area contributed by atoms with Crippen LogP contribution in [0.1, 0.15) is 35.1 Å². The van der Waals surface area contributed by atoms with Gasteiger partial charge in [-0.1, -0.05) is 29.8 Å². The van der Waals surface area contributed by atoms with Crippen molar-refractivity contribution in [1.29, 1.82) is 0 Å². The van der Waals surface area contributed by atoms with Crippen molar-refractivity contribution in [3.05, 3.63) is 59.0 Å². The van der Waals surface area contributed by atoms with Gasteiger partial charge in [0.2, 0.25) is 11.8 Å². The normalized spacial score (nSPS) is 20.5. The average Bonchev–Trinajstić information content (AvgIpc) is 3.10. The van der Waals surface area contributed by atoms with Crippen LogP contribution < -0.4 is 5.32 Å². The van der Waals surface area contributed by atoms with E-state index in [1.165, 1.54) is 0 Å². The number of furan rings is 1. The van der Waals surface area contributed by atoms with Gasteiger partial charge in [0, 0.05) is 13.5 Å². The Bertz CT molecular complexity index is 748. The maximum atomic E-state index is 12.6. The highest BCUT2D eigenvalue weighted by atomic mass is 16.3. The number of benzene rings is 1. The molecular formula is C19H22N2O3. The molecule has 2 atom stereocenters. The molecule has 1 aromatic heterocycles. The van der Waals surface area contributed by atoms with Crippen LogP contribution in [0.4, 0.5) is 0 Å². The Labute approximate surface area is 141 Å². The van der Waals surface area contributed by atoms with Crippen LogP contribution in [0.15, 0.2) is 40.8 Å². The van der Waals surface area contributed by atoms with Crippen molar-refractivity contribution >= 4 is 11.8 Å². The molecule has 126 valence electrons. The summed E-state index contributed by atoms with van der Waals surface area (Å²) < 4.78 is 5.47. The van der Waals surface area contributed by atoms with Gasteiger partial charge in [0.1, 0.15) is 11.5 Å². The van der Waals surface area contributed by atoms with E-state index in [1.807, 2.05) is 50.2 Å². The van der Waals surface area contributed by atoms with Gasteiger partial charge >= 0.3 is 0 Å². The Morgan fingerprint density at radius 2 is 1.92 bits per heavy atom. The number of aryl methyl sites for hydroxylation is 2. The zero-order chi connectivity index (χ0) is 17.3. The summed E-state index contributed by atoms with van der Waals surface area (Å²) >= 11 is 0. The summed E-state index contributed by atoms with van der Waals surface area (Å²) in [6.07, 6.45) is 0.234. The number of nitrogens with zero attached hydrogens (tertiary/aromatic N) is 1. The van der Waals surface area contributed by atoms with Crippen molar-refractivity contribution in [2.24, 2.45) is 5.92 Å². The molecule has 2 amide bonds. The van der Waals surface area contributed by atoms with Crippen LogP contribution >= 0.6 is 0 Å². The lowest BCUT2D eigenvalue weighted by atomic mass is 9.92. The summed E-state index contributed by atoms with van der Waals surface area (Å²) in [5.74, 6) is 1.01. The first-order valence-electron chi connectivity index (χ1n) is 8.11. The number of nitrogens with one attached hydrogen (secondary N) is 1. The molecule has 5 nitrogen and oxygen atoms in total. The zero-order valence-electron chi connectivity index (χ0n) is 14.2. The van der Waals surface area contributed by atoms with E-state index in [1.54, 1.807) is 11.9 Å². The van der Waals surface area contributed by atoms with Crippen LogP contribution in [0.3, 0.4) is 0 Å². The number of rotatable bonds is 4. The fourth-order valence-electron chi connectivity index (χ4n) is 3.21. The van der Waals surface area contributed by atoms with Crippen molar-refractivity contribution in [3.63, 3.8) is 0 Å². The number of carbonyl (C=O) groups is 2. The maximum absolute atomic E-state index is 12.6. The van der Waals surface area contributed by atoms with Crippen LogP contribution in [0.5, 0.6) is 0 Å². The third kappa shape index (κ3) is 3.20. The molecule has 0 saturated carbocycles. The molecule has 1 saturated heterocycles. The van der Waals surface area contributed by atoms with E-state index in [-0.39, 0.29) is 30.2 Å². The molecule has 3 rings (SSSR count). The van der Waals surface area contributed by atoms with Gasteiger partial charge in [0.25, 0.3) is 0 Å². The van der Waals surface area contributed by atoms with Gasteiger partial charge in [-0.15, -0.1) is 0 Å². The SMILES string of the molecule is Cc1ccc([C@@H]2[C@@H](C(=O)NCc3ccc(C)o3)CC(=O)N2C)cc1. The molecule has 0 aliphatic carbocycles. The van der Waals surface area contributed by atoms with E-state index in [4.69, 9.17) is 4.42 Å². The molecule has 0 bridgehead atoms. The van der Waals surface area contributed by atoms with Gasteiger partial charge in [0.05, 0.1) is 18.5 Å². The summed E-state index contributed by atoms with van der Waals surface area (Å²) in [6.45, 7) is 4.22. The third-order valence-corrected chi connectivity index (χ3v) is 4.57. The molecule has 1 N–H and O–H groups in total. The van der Waals surface area contributed by atoms with Crippen LogP contribution in [0.2, 0.25) is 0 Å². The Balaban J connectivity index is 1.75. The van der Waals surface area contributed by atoms with Crippen LogP contribution in [0, 0.1) is 19.8 Å². The Hall–Kier alpha value is -2.56. The summed E-state index contributed by atoms with van der Waals surface area (Å²) in [4.78, 5) is 26.5. The Morgan fingerprint density at radius 1 is 1.21 bits per heavy atom. The molecule has 2 aromatic rings. The average molecular weight is 326 g/mol. The maximum Gasteiger partial charge on any atom is 0.226 e. The van der Waals surface area contributed by atoms with Crippen molar-refractivity contribution in [2.75, 3.05) is 7.05 Å². The monoisotopic (exact) mass is 326 g/mol. The summed E-state index contributed by atoms with van der Waals surface area (Å²) in [5.41, 5.74) is 2.14. The second kappa shape index (κ2) is 6.51. The lowest BCUT2D eigenvalue weighted by molar-refractivity contribution is -0.128. The molecule has 2 heterocycles. The number of carbonyl (C=O) groups excluding carboxylic acids is 2. The van der Waals surface area contributed by atoms with Crippen molar-refractivity contribution in [1.82, 2.24) is 10.2 Å². The molecule has 1 fully saturated rings.